The molecule has 0 aromatic heterocycles. The lowest BCUT2D eigenvalue weighted by molar-refractivity contribution is -0.132. The molecule has 3 heteroatoms. The molecule has 108 valence electrons. The third-order valence-electron chi connectivity index (χ3n) is 4.85. The van der Waals surface area contributed by atoms with Gasteiger partial charge < -0.3 is 4.90 Å². The molecule has 2 nitrogen and oxygen atoms in total. The number of hydrogen-bond acceptors (Lipinski definition) is 2. The van der Waals surface area contributed by atoms with E-state index in [4.69, 9.17) is 0 Å². The first-order valence-electron chi connectivity index (χ1n) is 7.78. The number of likely N-dealkylation sites (tertiary alicyclic amines) is 1. The van der Waals surface area contributed by atoms with Crippen LogP contribution in [-0.2, 0) is 11.2 Å². The summed E-state index contributed by atoms with van der Waals surface area (Å²) in [6.45, 7) is 0.944. The van der Waals surface area contributed by atoms with Crippen LogP contribution in [0.3, 0.4) is 0 Å². The molecule has 2 fully saturated rings. The molecule has 20 heavy (non-hydrogen) atoms. The van der Waals surface area contributed by atoms with Gasteiger partial charge in [0, 0.05) is 12.6 Å². The van der Waals surface area contributed by atoms with E-state index in [0.717, 1.165) is 18.9 Å². The van der Waals surface area contributed by atoms with Crippen LogP contribution in [0.25, 0.3) is 0 Å². The number of carbonyl (C=O) groups is 1. The lowest BCUT2D eigenvalue weighted by Gasteiger charge is -2.33. The Balaban J connectivity index is 1.63. The van der Waals surface area contributed by atoms with Crippen molar-refractivity contribution in [2.45, 2.75) is 49.8 Å². The Morgan fingerprint density at radius 1 is 1.20 bits per heavy atom. The maximum Gasteiger partial charge on any atom is 0.236 e. The van der Waals surface area contributed by atoms with Gasteiger partial charge in [-0.15, -0.1) is 0 Å². The van der Waals surface area contributed by atoms with Crippen LogP contribution in [0.15, 0.2) is 30.3 Å². The molecule has 3 unspecified atom stereocenters. The van der Waals surface area contributed by atoms with Crippen LogP contribution in [0, 0.1) is 5.92 Å². The average Bonchev–Trinajstić information content (AvgIpc) is 2.91. The Morgan fingerprint density at radius 2 is 1.95 bits per heavy atom. The molecule has 1 aromatic rings. The molecule has 1 saturated heterocycles. The number of amides is 1. The Hall–Kier alpha value is -0.960. The van der Waals surface area contributed by atoms with Gasteiger partial charge in [-0.25, -0.2) is 0 Å². The van der Waals surface area contributed by atoms with Gasteiger partial charge in [0.05, 0.1) is 5.25 Å². The number of carbonyl (C=O) groups excluding carboxylic acids is 1. The van der Waals surface area contributed by atoms with Gasteiger partial charge >= 0.3 is 0 Å². The Morgan fingerprint density at radius 3 is 2.75 bits per heavy atom. The summed E-state index contributed by atoms with van der Waals surface area (Å²) in [6.07, 6.45) is 7.06. The monoisotopic (exact) mass is 289 g/mol. The molecule has 1 aromatic carbocycles. The summed E-state index contributed by atoms with van der Waals surface area (Å²) in [4.78, 5) is 14.8. The van der Waals surface area contributed by atoms with Crippen molar-refractivity contribution in [3.05, 3.63) is 35.9 Å². The second kappa shape index (κ2) is 6.21. The second-order valence-corrected chi connectivity index (χ2v) is 6.76. The maximum absolute atomic E-state index is 12.7. The number of rotatable bonds is 3. The maximum atomic E-state index is 12.7. The molecular formula is C17H23NOS. The molecular weight excluding hydrogens is 266 g/mol. The molecule has 3 rings (SSSR count). The van der Waals surface area contributed by atoms with E-state index in [9.17, 15) is 4.79 Å². The predicted octanol–water partition coefficient (Wildman–Crippen LogP) is 3.32. The van der Waals surface area contributed by atoms with E-state index in [1.807, 2.05) is 18.2 Å². The van der Waals surface area contributed by atoms with Crippen molar-refractivity contribution in [1.82, 2.24) is 4.90 Å². The zero-order valence-electron chi connectivity index (χ0n) is 11.9. The summed E-state index contributed by atoms with van der Waals surface area (Å²) in [7, 11) is 0. The van der Waals surface area contributed by atoms with E-state index in [-0.39, 0.29) is 11.2 Å². The molecule has 1 saturated carbocycles. The van der Waals surface area contributed by atoms with E-state index in [0.29, 0.717) is 6.04 Å². The van der Waals surface area contributed by atoms with Crippen LogP contribution < -0.4 is 0 Å². The van der Waals surface area contributed by atoms with Crippen molar-refractivity contribution >= 4 is 18.5 Å². The fourth-order valence-electron chi connectivity index (χ4n) is 3.80. The van der Waals surface area contributed by atoms with Crippen molar-refractivity contribution in [3.63, 3.8) is 0 Å². The fraction of sp³-hybridized carbons (Fsp3) is 0.588. The summed E-state index contributed by atoms with van der Waals surface area (Å²) in [5.74, 6) is 0.997. The van der Waals surface area contributed by atoms with E-state index < -0.39 is 0 Å². The predicted molar refractivity (Wildman–Crippen MR) is 85.0 cm³/mol. The first kappa shape index (κ1) is 14.0. The molecule has 1 heterocycles. The van der Waals surface area contributed by atoms with Gasteiger partial charge in [-0.1, -0.05) is 43.2 Å². The Kier molecular flexibility index (Phi) is 4.35. The van der Waals surface area contributed by atoms with Gasteiger partial charge in [-0.2, -0.15) is 12.6 Å². The number of benzene rings is 1. The molecule has 0 bridgehead atoms. The van der Waals surface area contributed by atoms with E-state index in [1.54, 1.807) is 0 Å². The first-order chi connectivity index (χ1) is 9.75. The summed E-state index contributed by atoms with van der Waals surface area (Å²) < 4.78 is 0. The molecule has 1 aliphatic heterocycles. The highest BCUT2D eigenvalue weighted by Gasteiger charge is 2.39. The average molecular weight is 289 g/mol. The van der Waals surface area contributed by atoms with Crippen LogP contribution >= 0.6 is 12.6 Å². The van der Waals surface area contributed by atoms with Crippen LogP contribution in [0.2, 0.25) is 0 Å². The zero-order valence-corrected chi connectivity index (χ0v) is 12.8. The van der Waals surface area contributed by atoms with Gasteiger partial charge in [0.15, 0.2) is 0 Å². The Bertz CT molecular complexity index is 461. The number of thiol groups is 1. The number of fused-ring (bicyclic) bond motifs is 1. The van der Waals surface area contributed by atoms with Crippen molar-refractivity contribution in [3.8, 4) is 0 Å². The topological polar surface area (TPSA) is 20.3 Å². The first-order valence-corrected chi connectivity index (χ1v) is 8.30. The van der Waals surface area contributed by atoms with Crippen LogP contribution in [-0.4, -0.2) is 28.6 Å². The quantitative estimate of drug-likeness (QED) is 0.846. The van der Waals surface area contributed by atoms with Crippen LogP contribution in [0.1, 0.15) is 37.7 Å². The largest absolute Gasteiger partial charge is 0.338 e. The van der Waals surface area contributed by atoms with Gasteiger partial charge in [-0.05, 0) is 37.2 Å². The minimum Gasteiger partial charge on any atom is -0.338 e. The molecule has 0 N–H and O–H groups in total. The highest BCUT2D eigenvalue weighted by atomic mass is 32.1. The second-order valence-electron chi connectivity index (χ2n) is 6.14. The standard InChI is InChI=1S/C17H23NOS/c19-17(16(20)12-13-6-2-1-3-7-13)18-11-10-14-8-4-5-9-15(14)18/h1-3,6-7,14-16,20H,4-5,8-12H2. The normalized spacial score (nSPS) is 27.1. The number of hydrogen-bond donors (Lipinski definition) is 1. The SMILES string of the molecule is O=C(C(S)Cc1ccccc1)N1CCC2CCCCC21. The summed E-state index contributed by atoms with van der Waals surface area (Å²) in [6, 6.07) is 10.7. The highest BCUT2D eigenvalue weighted by molar-refractivity contribution is 7.81. The van der Waals surface area contributed by atoms with Gasteiger partial charge in [0.25, 0.3) is 0 Å². The molecule has 2 aliphatic rings. The minimum atomic E-state index is -0.196. The highest BCUT2D eigenvalue weighted by Crippen LogP contribution is 2.36. The molecule has 1 amide bonds. The lowest BCUT2D eigenvalue weighted by atomic mass is 9.85. The van der Waals surface area contributed by atoms with Gasteiger partial charge in [-0.3, -0.25) is 4.79 Å². The molecule has 3 atom stereocenters. The van der Waals surface area contributed by atoms with Crippen molar-refractivity contribution in [2.24, 2.45) is 5.92 Å². The third-order valence-corrected chi connectivity index (χ3v) is 5.25. The number of nitrogens with zero attached hydrogens (tertiary/aromatic N) is 1. The van der Waals surface area contributed by atoms with E-state index in [2.05, 4.69) is 29.7 Å². The Labute approximate surface area is 127 Å². The van der Waals surface area contributed by atoms with Gasteiger partial charge in [0.2, 0.25) is 5.91 Å². The lowest BCUT2D eigenvalue weighted by Crippen LogP contribution is -2.43. The van der Waals surface area contributed by atoms with Crippen molar-refractivity contribution in [2.75, 3.05) is 6.54 Å². The zero-order chi connectivity index (χ0) is 13.9. The third kappa shape index (κ3) is 2.88. The molecule has 0 spiro atoms. The smallest absolute Gasteiger partial charge is 0.236 e. The van der Waals surface area contributed by atoms with Gasteiger partial charge in [0.1, 0.15) is 0 Å². The van der Waals surface area contributed by atoms with Crippen molar-refractivity contribution in [1.29, 1.82) is 0 Å². The molecule has 1 aliphatic carbocycles. The van der Waals surface area contributed by atoms with E-state index in [1.165, 1.54) is 37.7 Å². The minimum absolute atomic E-state index is 0.196. The van der Waals surface area contributed by atoms with Crippen molar-refractivity contribution < 1.29 is 4.79 Å². The van der Waals surface area contributed by atoms with Crippen LogP contribution in [0.4, 0.5) is 0 Å². The molecule has 0 radical (unpaired) electrons. The summed E-state index contributed by atoms with van der Waals surface area (Å²) >= 11 is 4.58. The van der Waals surface area contributed by atoms with E-state index >= 15 is 0 Å². The summed E-state index contributed by atoms with van der Waals surface area (Å²) in [5, 5.41) is -0.196. The summed E-state index contributed by atoms with van der Waals surface area (Å²) in [5.41, 5.74) is 1.19. The van der Waals surface area contributed by atoms with Crippen LogP contribution in [0.5, 0.6) is 0 Å². The fourth-order valence-corrected chi connectivity index (χ4v) is 4.15.